The number of hydrogen-bond acceptors (Lipinski definition) is 3. The first-order valence-electron chi connectivity index (χ1n) is 6.48. The summed E-state index contributed by atoms with van der Waals surface area (Å²) >= 11 is 0. The molecule has 1 aromatic rings. The number of carboxylic acids is 1. The van der Waals surface area contributed by atoms with Crippen molar-refractivity contribution in [1.29, 1.82) is 0 Å². The average molecular weight is 247 g/mol. The number of fused-ring (bicyclic) bond motifs is 1. The van der Waals surface area contributed by atoms with Gasteiger partial charge in [-0.3, -0.25) is 10.1 Å². The highest BCUT2D eigenvalue weighted by atomic mass is 16.5. The zero-order chi connectivity index (χ0) is 12.5. The Hall–Kier alpha value is -1.55. The molecule has 0 saturated heterocycles. The van der Waals surface area contributed by atoms with E-state index in [-0.39, 0.29) is 0 Å². The van der Waals surface area contributed by atoms with Crippen LogP contribution in [0, 0.1) is 0 Å². The van der Waals surface area contributed by atoms with Gasteiger partial charge in [0, 0.05) is 6.04 Å². The second-order valence-corrected chi connectivity index (χ2v) is 5.03. The summed E-state index contributed by atoms with van der Waals surface area (Å²) in [4.78, 5) is 11.3. The maximum Gasteiger partial charge on any atom is 0.325 e. The Balaban J connectivity index is 1.86. The van der Waals surface area contributed by atoms with Gasteiger partial charge in [-0.25, -0.2) is 0 Å². The number of carbonyl (C=O) groups is 1. The second kappa shape index (κ2) is 4.61. The summed E-state index contributed by atoms with van der Waals surface area (Å²) < 4.78 is 5.54. The lowest BCUT2D eigenvalue weighted by atomic mass is 9.99. The molecule has 1 saturated carbocycles. The van der Waals surface area contributed by atoms with Gasteiger partial charge in [-0.2, -0.15) is 0 Å². The molecule has 1 aromatic carbocycles. The van der Waals surface area contributed by atoms with Crippen molar-refractivity contribution in [3.63, 3.8) is 0 Å². The largest absolute Gasteiger partial charge is 0.493 e. The van der Waals surface area contributed by atoms with Crippen LogP contribution in [0.25, 0.3) is 0 Å². The van der Waals surface area contributed by atoms with Gasteiger partial charge in [0.1, 0.15) is 11.8 Å². The summed E-state index contributed by atoms with van der Waals surface area (Å²) in [5.41, 5.74) is 1.96. The summed E-state index contributed by atoms with van der Waals surface area (Å²) in [6.07, 6.45) is 4.14. The summed E-state index contributed by atoms with van der Waals surface area (Å²) in [7, 11) is 0. The molecule has 96 valence electrons. The van der Waals surface area contributed by atoms with Crippen LogP contribution in [0.4, 0.5) is 0 Å². The molecule has 0 radical (unpaired) electrons. The van der Waals surface area contributed by atoms with Crippen LogP contribution in [0.1, 0.15) is 36.4 Å². The van der Waals surface area contributed by atoms with E-state index in [1.165, 1.54) is 0 Å². The molecule has 3 rings (SSSR count). The summed E-state index contributed by atoms with van der Waals surface area (Å²) in [6, 6.07) is 5.51. The van der Waals surface area contributed by atoms with Gasteiger partial charge in [0.05, 0.1) is 6.61 Å². The Labute approximate surface area is 106 Å². The monoisotopic (exact) mass is 247 g/mol. The van der Waals surface area contributed by atoms with Crippen LogP contribution in [-0.2, 0) is 11.2 Å². The van der Waals surface area contributed by atoms with E-state index in [0.29, 0.717) is 6.04 Å². The number of carboxylic acid groups (broad SMARTS) is 1. The van der Waals surface area contributed by atoms with E-state index >= 15 is 0 Å². The van der Waals surface area contributed by atoms with Gasteiger partial charge in [-0.1, -0.05) is 6.07 Å². The molecule has 1 unspecified atom stereocenters. The van der Waals surface area contributed by atoms with E-state index in [1.54, 1.807) is 0 Å². The zero-order valence-electron chi connectivity index (χ0n) is 10.2. The third-order valence-corrected chi connectivity index (χ3v) is 3.49. The second-order valence-electron chi connectivity index (χ2n) is 5.03. The highest BCUT2D eigenvalue weighted by molar-refractivity contribution is 5.76. The molecule has 0 spiro atoms. The van der Waals surface area contributed by atoms with Crippen molar-refractivity contribution in [3.8, 4) is 5.75 Å². The lowest BCUT2D eigenvalue weighted by Gasteiger charge is -2.20. The summed E-state index contributed by atoms with van der Waals surface area (Å²) in [5.74, 6) is 0.0964. The van der Waals surface area contributed by atoms with Gasteiger partial charge in [0.15, 0.2) is 0 Å². The van der Waals surface area contributed by atoms with E-state index < -0.39 is 12.0 Å². The molecular formula is C14H17NO3. The normalized spacial score (nSPS) is 19.8. The van der Waals surface area contributed by atoms with E-state index in [1.807, 2.05) is 18.2 Å². The van der Waals surface area contributed by atoms with Crippen LogP contribution in [0.3, 0.4) is 0 Å². The van der Waals surface area contributed by atoms with Gasteiger partial charge in [0.25, 0.3) is 0 Å². The van der Waals surface area contributed by atoms with Crippen molar-refractivity contribution >= 4 is 5.97 Å². The molecular weight excluding hydrogens is 230 g/mol. The smallest absolute Gasteiger partial charge is 0.325 e. The van der Waals surface area contributed by atoms with Crippen molar-refractivity contribution in [2.24, 2.45) is 0 Å². The Morgan fingerprint density at radius 1 is 1.44 bits per heavy atom. The molecule has 18 heavy (non-hydrogen) atoms. The van der Waals surface area contributed by atoms with E-state index in [0.717, 1.165) is 49.2 Å². The Bertz CT molecular complexity index is 468. The number of hydrogen-bond donors (Lipinski definition) is 2. The molecule has 1 aliphatic carbocycles. The molecule has 1 atom stereocenters. The quantitative estimate of drug-likeness (QED) is 0.853. The fourth-order valence-electron chi connectivity index (χ4n) is 2.36. The van der Waals surface area contributed by atoms with Crippen molar-refractivity contribution in [2.45, 2.75) is 37.8 Å². The lowest BCUT2D eigenvalue weighted by Crippen LogP contribution is -2.30. The Morgan fingerprint density at radius 3 is 3.00 bits per heavy atom. The Morgan fingerprint density at radius 2 is 2.28 bits per heavy atom. The first-order valence-corrected chi connectivity index (χ1v) is 6.48. The SMILES string of the molecule is O=C(O)C(NC1CC1)c1ccc2c(c1)CCCO2. The molecule has 0 amide bonds. The molecule has 0 aromatic heterocycles. The third-order valence-electron chi connectivity index (χ3n) is 3.49. The molecule has 4 nitrogen and oxygen atoms in total. The minimum atomic E-state index is -0.807. The molecule has 4 heteroatoms. The number of nitrogens with one attached hydrogen (secondary N) is 1. The fourth-order valence-corrected chi connectivity index (χ4v) is 2.36. The third kappa shape index (κ3) is 2.34. The van der Waals surface area contributed by atoms with Crippen LogP contribution >= 0.6 is 0 Å². The first-order chi connectivity index (χ1) is 8.74. The van der Waals surface area contributed by atoms with Crippen molar-refractivity contribution < 1.29 is 14.6 Å². The standard InChI is InChI=1S/C14H17NO3/c16-14(17)13(15-11-4-5-11)10-3-6-12-9(8-10)2-1-7-18-12/h3,6,8,11,13,15H,1-2,4-5,7H2,(H,16,17). The maximum absolute atomic E-state index is 11.3. The van der Waals surface area contributed by atoms with Gasteiger partial charge in [-0.15, -0.1) is 0 Å². The number of aryl methyl sites for hydroxylation is 1. The fraction of sp³-hybridized carbons (Fsp3) is 0.500. The lowest BCUT2D eigenvalue weighted by molar-refractivity contribution is -0.139. The summed E-state index contributed by atoms with van der Waals surface area (Å²) in [5, 5.41) is 12.5. The predicted molar refractivity (Wildman–Crippen MR) is 66.8 cm³/mol. The highest BCUT2D eigenvalue weighted by Crippen LogP contribution is 2.30. The first kappa shape index (κ1) is 11.5. The van der Waals surface area contributed by atoms with Crippen LogP contribution in [0.5, 0.6) is 5.75 Å². The highest BCUT2D eigenvalue weighted by Gasteiger charge is 2.29. The molecule has 0 bridgehead atoms. The van der Waals surface area contributed by atoms with Gasteiger partial charge in [-0.05, 0) is 48.9 Å². The predicted octanol–water partition coefficient (Wildman–Crippen LogP) is 1.89. The van der Waals surface area contributed by atoms with E-state index in [4.69, 9.17) is 4.74 Å². The molecule has 1 aliphatic heterocycles. The van der Waals surface area contributed by atoms with Crippen LogP contribution in [-0.4, -0.2) is 23.7 Å². The number of rotatable bonds is 4. The van der Waals surface area contributed by atoms with Crippen LogP contribution in [0.15, 0.2) is 18.2 Å². The van der Waals surface area contributed by atoms with Crippen molar-refractivity contribution in [3.05, 3.63) is 29.3 Å². The maximum atomic E-state index is 11.3. The van der Waals surface area contributed by atoms with Crippen LogP contribution in [0.2, 0.25) is 0 Å². The molecule has 1 heterocycles. The Kier molecular flexibility index (Phi) is 2.96. The zero-order valence-corrected chi connectivity index (χ0v) is 10.2. The molecule has 1 fully saturated rings. The van der Waals surface area contributed by atoms with Crippen molar-refractivity contribution in [1.82, 2.24) is 5.32 Å². The summed E-state index contributed by atoms with van der Waals surface area (Å²) in [6.45, 7) is 0.759. The van der Waals surface area contributed by atoms with Crippen LogP contribution < -0.4 is 10.1 Å². The van der Waals surface area contributed by atoms with E-state index in [2.05, 4.69) is 5.32 Å². The van der Waals surface area contributed by atoms with Crippen molar-refractivity contribution in [2.75, 3.05) is 6.61 Å². The minimum Gasteiger partial charge on any atom is -0.493 e. The topological polar surface area (TPSA) is 58.6 Å². The number of aliphatic carboxylic acids is 1. The van der Waals surface area contributed by atoms with E-state index in [9.17, 15) is 9.90 Å². The van der Waals surface area contributed by atoms with Gasteiger partial charge < -0.3 is 9.84 Å². The minimum absolute atomic E-state index is 0.374. The van der Waals surface area contributed by atoms with Gasteiger partial charge in [0.2, 0.25) is 0 Å². The molecule has 2 N–H and O–H groups in total. The number of benzene rings is 1. The average Bonchev–Trinajstić information content (AvgIpc) is 3.19. The van der Waals surface area contributed by atoms with Gasteiger partial charge >= 0.3 is 5.97 Å². The molecule has 2 aliphatic rings. The number of ether oxygens (including phenoxy) is 1.